The fraction of sp³-hybridized carbons (Fsp3) is 0.200. The molecule has 78 valence electrons. The summed E-state index contributed by atoms with van der Waals surface area (Å²) in [5, 5.41) is 7.08. The van der Waals surface area contributed by atoms with Crippen LogP contribution in [0.15, 0.2) is 30.5 Å². The number of hydrogen-bond donors (Lipinski definition) is 0. The molecule has 1 aromatic heterocycles. The number of benzene rings is 1. The Morgan fingerprint density at radius 1 is 1.33 bits per heavy atom. The van der Waals surface area contributed by atoms with Crippen LogP contribution in [0.2, 0.25) is 0 Å². The van der Waals surface area contributed by atoms with Gasteiger partial charge in [-0.15, -0.1) is 5.10 Å². The van der Waals surface area contributed by atoms with E-state index in [4.69, 9.17) is 4.74 Å². The summed E-state index contributed by atoms with van der Waals surface area (Å²) in [4.78, 5) is 0. The van der Waals surface area contributed by atoms with Crippen LogP contribution in [0.4, 0.5) is 4.39 Å². The summed E-state index contributed by atoms with van der Waals surface area (Å²) in [7, 11) is 1.60. The first-order valence-corrected chi connectivity index (χ1v) is 4.46. The largest absolute Gasteiger partial charge is 0.497 e. The van der Waals surface area contributed by atoms with E-state index < -0.39 is 5.95 Å². The van der Waals surface area contributed by atoms with Crippen LogP contribution in [-0.2, 0) is 6.54 Å². The summed E-state index contributed by atoms with van der Waals surface area (Å²) in [6, 6.07) is 7.37. The van der Waals surface area contributed by atoms with E-state index in [0.717, 1.165) is 17.5 Å². The van der Waals surface area contributed by atoms with Crippen molar-refractivity contribution >= 4 is 0 Å². The highest BCUT2D eigenvalue weighted by Gasteiger charge is 2.02. The fourth-order valence-electron chi connectivity index (χ4n) is 1.26. The minimum atomic E-state index is -0.439. The number of methoxy groups -OCH3 is 1. The average Bonchev–Trinajstić information content (AvgIpc) is 2.66. The molecule has 1 heterocycles. The van der Waals surface area contributed by atoms with Crippen LogP contribution in [0.3, 0.4) is 0 Å². The lowest BCUT2D eigenvalue weighted by atomic mass is 10.2. The van der Waals surface area contributed by atoms with Gasteiger partial charge in [0.2, 0.25) is 5.95 Å². The molecule has 0 atom stereocenters. The predicted octanol–water partition coefficient (Wildman–Crippen LogP) is 1.47. The summed E-state index contributed by atoms with van der Waals surface area (Å²) >= 11 is 0. The van der Waals surface area contributed by atoms with Crippen molar-refractivity contribution in [1.29, 1.82) is 0 Å². The lowest BCUT2D eigenvalue weighted by molar-refractivity contribution is 0.414. The Morgan fingerprint density at radius 2 is 2.07 bits per heavy atom. The van der Waals surface area contributed by atoms with E-state index in [1.165, 1.54) is 4.68 Å². The van der Waals surface area contributed by atoms with E-state index in [2.05, 4.69) is 10.3 Å². The third-order valence-corrected chi connectivity index (χ3v) is 2.06. The molecule has 0 fully saturated rings. The molecule has 0 saturated carbocycles. The second kappa shape index (κ2) is 4.08. The monoisotopic (exact) mass is 207 g/mol. The van der Waals surface area contributed by atoms with Crippen LogP contribution >= 0.6 is 0 Å². The highest BCUT2D eigenvalue weighted by Crippen LogP contribution is 2.12. The second-order valence-corrected chi connectivity index (χ2v) is 3.06. The smallest absolute Gasteiger partial charge is 0.231 e. The van der Waals surface area contributed by atoms with Gasteiger partial charge in [-0.2, -0.15) is 4.39 Å². The number of halogens is 1. The first-order valence-electron chi connectivity index (χ1n) is 4.46. The highest BCUT2D eigenvalue weighted by molar-refractivity contribution is 5.27. The second-order valence-electron chi connectivity index (χ2n) is 3.06. The maximum absolute atomic E-state index is 13.0. The number of ether oxygens (including phenoxy) is 1. The molecule has 0 aliphatic carbocycles. The zero-order chi connectivity index (χ0) is 10.7. The zero-order valence-corrected chi connectivity index (χ0v) is 8.22. The van der Waals surface area contributed by atoms with Gasteiger partial charge in [0.15, 0.2) is 0 Å². The Balaban J connectivity index is 2.14. The predicted molar refractivity (Wildman–Crippen MR) is 52.1 cm³/mol. The Kier molecular flexibility index (Phi) is 2.62. The summed E-state index contributed by atoms with van der Waals surface area (Å²) in [6.45, 7) is 0.371. The van der Waals surface area contributed by atoms with Crippen LogP contribution in [0.1, 0.15) is 5.56 Å². The molecule has 0 bridgehead atoms. The summed E-state index contributed by atoms with van der Waals surface area (Å²) in [6.07, 6.45) is 1.09. The normalized spacial score (nSPS) is 10.3. The van der Waals surface area contributed by atoms with Crippen LogP contribution in [0, 0.1) is 5.95 Å². The Bertz CT molecular complexity index is 438. The lowest BCUT2D eigenvalue weighted by Crippen LogP contribution is -2.04. The van der Waals surface area contributed by atoms with E-state index in [9.17, 15) is 4.39 Å². The SMILES string of the molecule is COc1ccc(Cn2nncc2F)cc1. The molecule has 0 saturated heterocycles. The number of aromatic nitrogens is 3. The van der Waals surface area contributed by atoms with E-state index in [-0.39, 0.29) is 0 Å². The van der Waals surface area contributed by atoms with Crippen LogP contribution in [0.25, 0.3) is 0 Å². The molecule has 0 unspecified atom stereocenters. The molecule has 0 spiro atoms. The van der Waals surface area contributed by atoms with Crippen molar-refractivity contribution in [3.63, 3.8) is 0 Å². The fourth-order valence-corrected chi connectivity index (χ4v) is 1.26. The van der Waals surface area contributed by atoms with Crippen LogP contribution in [0.5, 0.6) is 5.75 Å². The quantitative estimate of drug-likeness (QED) is 0.765. The topological polar surface area (TPSA) is 39.9 Å². The van der Waals surface area contributed by atoms with Gasteiger partial charge in [0, 0.05) is 0 Å². The van der Waals surface area contributed by atoms with Crippen molar-refractivity contribution in [2.24, 2.45) is 0 Å². The van der Waals surface area contributed by atoms with E-state index in [1.807, 2.05) is 24.3 Å². The van der Waals surface area contributed by atoms with E-state index in [0.29, 0.717) is 6.54 Å². The molecule has 0 amide bonds. The molecule has 15 heavy (non-hydrogen) atoms. The van der Waals surface area contributed by atoms with Gasteiger partial charge in [-0.1, -0.05) is 17.3 Å². The molecule has 2 rings (SSSR count). The van der Waals surface area contributed by atoms with Gasteiger partial charge in [0.25, 0.3) is 0 Å². The molecular weight excluding hydrogens is 197 g/mol. The minimum Gasteiger partial charge on any atom is -0.497 e. The summed E-state index contributed by atoms with van der Waals surface area (Å²) in [5.41, 5.74) is 0.945. The Morgan fingerprint density at radius 3 is 2.60 bits per heavy atom. The van der Waals surface area contributed by atoms with Gasteiger partial charge in [0.05, 0.1) is 13.7 Å². The number of nitrogens with zero attached hydrogens (tertiary/aromatic N) is 3. The van der Waals surface area contributed by atoms with Crippen molar-refractivity contribution in [1.82, 2.24) is 15.0 Å². The zero-order valence-electron chi connectivity index (χ0n) is 8.22. The van der Waals surface area contributed by atoms with Crippen LogP contribution < -0.4 is 4.74 Å². The van der Waals surface area contributed by atoms with Crippen LogP contribution in [-0.4, -0.2) is 22.1 Å². The van der Waals surface area contributed by atoms with Gasteiger partial charge in [-0.25, -0.2) is 4.68 Å². The van der Waals surface area contributed by atoms with E-state index >= 15 is 0 Å². The first-order chi connectivity index (χ1) is 7.29. The van der Waals surface area contributed by atoms with Crippen molar-refractivity contribution in [3.05, 3.63) is 42.0 Å². The average molecular weight is 207 g/mol. The third-order valence-electron chi connectivity index (χ3n) is 2.06. The van der Waals surface area contributed by atoms with Gasteiger partial charge in [-0.05, 0) is 17.7 Å². The van der Waals surface area contributed by atoms with Gasteiger partial charge in [-0.3, -0.25) is 0 Å². The van der Waals surface area contributed by atoms with Crippen molar-refractivity contribution in [2.45, 2.75) is 6.54 Å². The number of rotatable bonds is 3. The Hall–Kier alpha value is -1.91. The summed E-state index contributed by atoms with van der Waals surface area (Å²) in [5.74, 6) is 0.337. The molecule has 0 aliphatic heterocycles. The van der Waals surface area contributed by atoms with Crippen molar-refractivity contribution in [3.8, 4) is 5.75 Å². The van der Waals surface area contributed by atoms with E-state index in [1.54, 1.807) is 7.11 Å². The Labute approximate surface area is 86.3 Å². The van der Waals surface area contributed by atoms with Crippen molar-refractivity contribution < 1.29 is 9.13 Å². The lowest BCUT2D eigenvalue weighted by Gasteiger charge is -2.03. The van der Waals surface area contributed by atoms with Gasteiger partial charge in [0.1, 0.15) is 11.9 Å². The third kappa shape index (κ3) is 2.12. The molecule has 1 aromatic carbocycles. The number of hydrogen-bond acceptors (Lipinski definition) is 3. The molecule has 0 aliphatic rings. The standard InChI is InChI=1S/C10H10FN3O/c1-15-9-4-2-8(3-5-9)7-14-10(11)6-12-13-14/h2-6H,7H2,1H3. The first kappa shape index (κ1) is 9.64. The molecule has 0 radical (unpaired) electrons. The summed E-state index contributed by atoms with van der Waals surface area (Å²) < 4.78 is 19.2. The molecule has 2 aromatic rings. The molecule has 5 heteroatoms. The molecule has 4 nitrogen and oxygen atoms in total. The van der Waals surface area contributed by atoms with Gasteiger partial charge >= 0.3 is 0 Å². The highest BCUT2D eigenvalue weighted by atomic mass is 19.1. The van der Waals surface area contributed by atoms with Gasteiger partial charge < -0.3 is 4.74 Å². The maximum Gasteiger partial charge on any atom is 0.231 e. The van der Waals surface area contributed by atoms with Crippen molar-refractivity contribution in [2.75, 3.05) is 7.11 Å². The molecular formula is C10H10FN3O. The maximum atomic E-state index is 13.0. The molecule has 0 N–H and O–H groups in total. The minimum absolute atomic E-state index is 0.371.